The molecular weight excluding hydrogens is 134 g/mol. The highest BCUT2D eigenvalue weighted by molar-refractivity contribution is 5.01. The minimum atomic E-state index is 0.792. The molecule has 2 atom stereocenters. The van der Waals surface area contributed by atoms with Crippen LogP contribution in [0.5, 0.6) is 0 Å². The van der Waals surface area contributed by atoms with Gasteiger partial charge in [-0.25, -0.2) is 0 Å². The van der Waals surface area contributed by atoms with Crippen molar-refractivity contribution in [3.05, 3.63) is 12.2 Å². The van der Waals surface area contributed by atoms with Crippen molar-refractivity contribution in [1.29, 1.82) is 0 Å². The van der Waals surface area contributed by atoms with Crippen LogP contribution in [0, 0.1) is 5.92 Å². The lowest BCUT2D eigenvalue weighted by atomic mass is 9.92. The second-order valence-corrected chi connectivity index (χ2v) is 3.96. The summed E-state index contributed by atoms with van der Waals surface area (Å²) in [7, 11) is 0. The highest BCUT2D eigenvalue weighted by Gasteiger charge is 2.24. The molecule has 11 heavy (non-hydrogen) atoms. The van der Waals surface area contributed by atoms with E-state index in [0.29, 0.717) is 0 Å². The minimum absolute atomic E-state index is 0.792. The second-order valence-electron chi connectivity index (χ2n) is 3.96. The first-order valence-electron chi connectivity index (χ1n) is 4.77. The Hall–Kier alpha value is -0.300. The topological polar surface area (TPSA) is 3.24 Å². The van der Waals surface area contributed by atoms with Crippen LogP contribution in [0.25, 0.3) is 0 Å². The molecule has 0 spiro atoms. The van der Waals surface area contributed by atoms with Crippen molar-refractivity contribution in [1.82, 2.24) is 4.90 Å². The van der Waals surface area contributed by atoms with Gasteiger partial charge in [0.05, 0.1) is 0 Å². The second kappa shape index (κ2) is 2.98. The van der Waals surface area contributed by atoms with Gasteiger partial charge in [0.2, 0.25) is 0 Å². The van der Waals surface area contributed by atoms with Crippen LogP contribution >= 0.6 is 0 Å². The standard InChI is InChI=1S/C10H17N/c1-9-5-6-10-4-2-3-7-11(10)8-9/h2,4,9-10H,3,5-8H2,1H3. The van der Waals surface area contributed by atoms with Crippen LogP contribution in [-0.2, 0) is 0 Å². The van der Waals surface area contributed by atoms with Crippen LogP contribution in [0.1, 0.15) is 26.2 Å². The number of fused-ring (bicyclic) bond motifs is 1. The summed E-state index contributed by atoms with van der Waals surface area (Å²) in [4.78, 5) is 2.63. The van der Waals surface area contributed by atoms with Gasteiger partial charge in [-0.3, -0.25) is 4.90 Å². The molecule has 0 aromatic carbocycles. The Kier molecular flexibility index (Phi) is 1.99. The lowest BCUT2D eigenvalue weighted by Crippen LogP contribution is -2.43. The predicted octanol–water partition coefficient (Wildman–Crippen LogP) is 2.05. The molecule has 2 unspecified atom stereocenters. The van der Waals surface area contributed by atoms with Crippen molar-refractivity contribution in [2.75, 3.05) is 13.1 Å². The van der Waals surface area contributed by atoms with Gasteiger partial charge in [-0.05, 0) is 25.2 Å². The highest BCUT2D eigenvalue weighted by atomic mass is 15.2. The number of piperidine rings is 1. The average Bonchev–Trinajstić information content (AvgIpc) is 2.04. The molecule has 1 nitrogen and oxygen atoms in total. The molecule has 2 aliphatic heterocycles. The summed E-state index contributed by atoms with van der Waals surface area (Å²) in [6.07, 6.45) is 8.82. The van der Waals surface area contributed by atoms with E-state index in [1.54, 1.807) is 0 Å². The molecule has 1 heteroatoms. The molecule has 0 aromatic rings. The summed E-state index contributed by atoms with van der Waals surface area (Å²) in [5.74, 6) is 0.928. The molecule has 2 rings (SSSR count). The highest BCUT2D eigenvalue weighted by Crippen LogP contribution is 2.24. The van der Waals surface area contributed by atoms with E-state index in [9.17, 15) is 0 Å². The molecule has 0 radical (unpaired) electrons. The van der Waals surface area contributed by atoms with Crippen molar-refractivity contribution in [3.8, 4) is 0 Å². The molecule has 1 saturated heterocycles. The van der Waals surface area contributed by atoms with Crippen LogP contribution < -0.4 is 0 Å². The summed E-state index contributed by atoms with van der Waals surface area (Å²) in [6, 6.07) is 0.792. The Morgan fingerprint density at radius 1 is 1.36 bits per heavy atom. The smallest absolute Gasteiger partial charge is 0.0278 e. The lowest BCUT2D eigenvalue weighted by Gasteiger charge is -2.38. The van der Waals surface area contributed by atoms with Crippen LogP contribution in [0.3, 0.4) is 0 Å². The van der Waals surface area contributed by atoms with E-state index in [-0.39, 0.29) is 0 Å². The van der Waals surface area contributed by atoms with Gasteiger partial charge in [-0.1, -0.05) is 19.1 Å². The van der Waals surface area contributed by atoms with Crippen molar-refractivity contribution in [3.63, 3.8) is 0 Å². The summed E-state index contributed by atoms with van der Waals surface area (Å²) >= 11 is 0. The quantitative estimate of drug-likeness (QED) is 0.479. The first-order valence-corrected chi connectivity index (χ1v) is 4.77. The average molecular weight is 151 g/mol. The van der Waals surface area contributed by atoms with Gasteiger partial charge in [-0.15, -0.1) is 0 Å². The largest absolute Gasteiger partial charge is 0.296 e. The molecular formula is C10H17N. The number of nitrogens with zero attached hydrogens (tertiary/aromatic N) is 1. The summed E-state index contributed by atoms with van der Waals surface area (Å²) in [5, 5.41) is 0. The van der Waals surface area contributed by atoms with E-state index in [4.69, 9.17) is 0 Å². The zero-order chi connectivity index (χ0) is 7.68. The predicted molar refractivity (Wildman–Crippen MR) is 47.5 cm³/mol. The van der Waals surface area contributed by atoms with Gasteiger partial charge in [0.15, 0.2) is 0 Å². The van der Waals surface area contributed by atoms with Crippen molar-refractivity contribution < 1.29 is 0 Å². The summed E-state index contributed by atoms with van der Waals surface area (Å²) < 4.78 is 0. The third-order valence-corrected chi connectivity index (χ3v) is 2.91. The van der Waals surface area contributed by atoms with Crippen LogP contribution in [0.15, 0.2) is 12.2 Å². The van der Waals surface area contributed by atoms with Gasteiger partial charge < -0.3 is 0 Å². The van der Waals surface area contributed by atoms with E-state index in [1.807, 2.05) is 0 Å². The van der Waals surface area contributed by atoms with Crippen molar-refractivity contribution >= 4 is 0 Å². The van der Waals surface area contributed by atoms with Crippen molar-refractivity contribution in [2.24, 2.45) is 5.92 Å². The molecule has 0 saturated carbocycles. The summed E-state index contributed by atoms with van der Waals surface area (Å²) in [6.45, 7) is 5.00. The fourth-order valence-corrected chi connectivity index (χ4v) is 2.23. The zero-order valence-corrected chi connectivity index (χ0v) is 7.29. The Bertz CT molecular complexity index is 162. The first-order chi connectivity index (χ1) is 5.36. The molecule has 1 fully saturated rings. The fraction of sp³-hybridized carbons (Fsp3) is 0.800. The summed E-state index contributed by atoms with van der Waals surface area (Å²) in [5.41, 5.74) is 0. The number of rotatable bonds is 0. The molecule has 0 bridgehead atoms. The van der Waals surface area contributed by atoms with Gasteiger partial charge in [0, 0.05) is 19.1 Å². The maximum Gasteiger partial charge on any atom is 0.0278 e. The normalized spacial score (nSPS) is 38.6. The van der Waals surface area contributed by atoms with Crippen LogP contribution in [0.4, 0.5) is 0 Å². The molecule has 0 N–H and O–H groups in total. The molecule has 0 amide bonds. The van der Waals surface area contributed by atoms with Crippen LogP contribution in [-0.4, -0.2) is 24.0 Å². The Balaban J connectivity index is 2.02. The molecule has 0 aromatic heterocycles. The number of hydrogen-bond acceptors (Lipinski definition) is 1. The Labute approximate surface area is 69.1 Å². The van der Waals surface area contributed by atoms with Gasteiger partial charge in [-0.2, -0.15) is 0 Å². The Morgan fingerprint density at radius 3 is 3.18 bits per heavy atom. The van der Waals surface area contributed by atoms with Gasteiger partial charge >= 0.3 is 0 Å². The van der Waals surface area contributed by atoms with E-state index < -0.39 is 0 Å². The first kappa shape index (κ1) is 7.35. The minimum Gasteiger partial charge on any atom is -0.296 e. The molecule has 0 aliphatic carbocycles. The van der Waals surface area contributed by atoms with E-state index in [0.717, 1.165) is 12.0 Å². The number of hydrogen-bond donors (Lipinski definition) is 0. The zero-order valence-electron chi connectivity index (χ0n) is 7.29. The third kappa shape index (κ3) is 1.48. The monoisotopic (exact) mass is 151 g/mol. The molecule has 2 heterocycles. The SMILES string of the molecule is CC1CCC2C=CCCN2C1. The van der Waals surface area contributed by atoms with E-state index in [1.165, 1.54) is 32.4 Å². The lowest BCUT2D eigenvalue weighted by molar-refractivity contribution is 0.137. The van der Waals surface area contributed by atoms with E-state index in [2.05, 4.69) is 24.0 Å². The van der Waals surface area contributed by atoms with Crippen LogP contribution in [0.2, 0.25) is 0 Å². The maximum atomic E-state index is 2.63. The maximum absolute atomic E-state index is 2.63. The fourth-order valence-electron chi connectivity index (χ4n) is 2.23. The Morgan fingerprint density at radius 2 is 2.27 bits per heavy atom. The van der Waals surface area contributed by atoms with Gasteiger partial charge in [0.1, 0.15) is 0 Å². The van der Waals surface area contributed by atoms with E-state index >= 15 is 0 Å². The molecule has 2 aliphatic rings. The van der Waals surface area contributed by atoms with Gasteiger partial charge in [0.25, 0.3) is 0 Å². The molecule has 62 valence electrons. The van der Waals surface area contributed by atoms with Crippen molar-refractivity contribution in [2.45, 2.75) is 32.2 Å². The third-order valence-electron chi connectivity index (χ3n) is 2.91.